The van der Waals surface area contributed by atoms with Gasteiger partial charge in [-0.15, -0.1) is 0 Å². The minimum atomic E-state index is 0.168. The fourth-order valence-corrected chi connectivity index (χ4v) is 3.98. The first-order chi connectivity index (χ1) is 13.5. The van der Waals surface area contributed by atoms with Gasteiger partial charge in [0.1, 0.15) is 0 Å². The SMILES string of the molecule is C=C(C)C1=C(/C(=C(C)/C(C)=C/C(=C\F)C(/C)=C\C=C/CC)C(CC)C(C)(C)C)C1. The lowest BCUT2D eigenvalue weighted by atomic mass is 9.72. The van der Waals surface area contributed by atoms with Crippen LogP contribution >= 0.6 is 0 Å². The summed E-state index contributed by atoms with van der Waals surface area (Å²) in [4.78, 5) is 0. The van der Waals surface area contributed by atoms with Gasteiger partial charge >= 0.3 is 0 Å². The summed E-state index contributed by atoms with van der Waals surface area (Å²) in [5.41, 5.74) is 9.59. The Balaban J connectivity index is 3.50. The monoisotopic (exact) mass is 396 g/mol. The Labute approximate surface area is 179 Å². The Hall–Kier alpha value is -1.89. The molecule has 0 nitrogen and oxygen atoms in total. The standard InChI is InChI=1S/C28H41F/c1-11-13-14-15-20(5)23(18-29)16-21(6)22(7)27(25-17-24(25)19(3)4)26(12-2)28(8,9)10/h13-16,18,26H,3,11-12,17H2,1-2,4-10H3/b14-13-,20-15-,21-16+,23-18+,27-22-. The molecule has 0 bridgehead atoms. The topological polar surface area (TPSA) is 0 Å². The van der Waals surface area contributed by atoms with Crippen molar-refractivity contribution in [3.8, 4) is 0 Å². The van der Waals surface area contributed by atoms with E-state index in [0.29, 0.717) is 11.5 Å². The summed E-state index contributed by atoms with van der Waals surface area (Å²) < 4.78 is 13.7. The smallest absolute Gasteiger partial charge is 0.0942 e. The highest BCUT2D eigenvalue weighted by molar-refractivity contribution is 5.62. The van der Waals surface area contributed by atoms with Crippen LogP contribution in [0.15, 0.2) is 81.8 Å². The molecule has 1 aliphatic carbocycles. The third kappa shape index (κ3) is 6.84. The predicted octanol–water partition coefficient (Wildman–Crippen LogP) is 9.36. The molecule has 0 aliphatic heterocycles. The molecule has 0 aromatic heterocycles. The third-order valence-corrected chi connectivity index (χ3v) is 5.89. The van der Waals surface area contributed by atoms with Crippen LogP contribution in [-0.4, -0.2) is 0 Å². The molecule has 29 heavy (non-hydrogen) atoms. The van der Waals surface area contributed by atoms with Crippen LogP contribution in [-0.2, 0) is 0 Å². The number of hydrogen-bond acceptors (Lipinski definition) is 0. The van der Waals surface area contributed by atoms with E-state index < -0.39 is 0 Å². The molecule has 0 heterocycles. The minimum Gasteiger partial charge on any atom is -0.215 e. The van der Waals surface area contributed by atoms with Gasteiger partial charge in [0.05, 0.1) is 6.33 Å². The second-order valence-corrected chi connectivity index (χ2v) is 9.36. The molecule has 0 N–H and O–H groups in total. The highest BCUT2D eigenvalue weighted by Gasteiger charge is 2.35. The maximum atomic E-state index is 13.7. The minimum absolute atomic E-state index is 0.168. The van der Waals surface area contributed by atoms with Gasteiger partial charge in [-0.05, 0) is 97.8 Å². The van der Waals surface area contributed by atoms with Gasteiger partial charge in [-0.25, -0.2) is 4.39 Å². The van der Waals surface area contributed by atoms with Crippen molar-refractivity contribution in [1.29, 1.82) is 0 Å². The van der Waals surface area contributed by atoms with Gasteiger partial charge in [0.15, 0.2) is 0 Å². The Kier molecular flexibility index (Phi) is 9.33. The zero-order valence-corrected chi connectivity index (χ0v) is 20.2. The summed E-state index contributed by atoms with van der Waals surface area (Å²) in [6.45, 7) is 23.8. The number of rotatable bonds is 9. The molecular formula is C28H41F. The van der Waals surface area contributed by atoms with Crippen LogP contribution in [0.2, 0.25) is 0 Å². The van der Waals surface area contributed by atoms with Gasteiger partial charge in [-0.2, -0.15) is 0 Å². The highest BCUT2D eigenvalue weighted by Crippen LogP contribution is 2.50. The second-order valence-electron chi connectivity index (χ2n) is 9.36. The molecule has 1 atom stereocenters. The average Bonchev–Trinajstić information content (AvgIpc) is 3.42. The molecule has 160 valence electrons. The van der Waals surface area contributed by atoms with E-state index in [0.717, 1.165) is 36.7 Å². The van der Waals surface area contributed by atoms with E-state index in [9.17, 15) is 4.39 Å². The summed E-state index contributed by atoms with van der Waals surface area (Å²) >= 11 is 0. The zero-order valence-electron chi connectivity index (χ0n) is 20.2. The summed E-state index contributed by atoms with van der Waals surface area (Å²) in [5, 5.41) is 0. The van der Waals surface area contributed by atoms with Crippen LogP contribution in [0.1, 0.15) is 81.6 Å². The van der Waals surface area contributed by atoms with E-state index in [1.807, 2.05) is 25.2 Å². The maximum Gasteiger partial charge on any atom is 0.0942 e. The molecule has 0 aromatic rings. The Morgan fingerprint density at radius 3 is 2.10 bits per heavy atom. The van der Waals surface area contributed by atoms with Crippen LogP contribution in [0, 0.1) is 11.3 Å². The van der Waals surface area contributed by atoms with Crippen molar-refractivity contribution in [3.05, 3.63) is 81.8 Å². The third-order valence-electron chi connectivity index (χ3n) is 5.89. The molecule has 0 aromatic carbocycles. The summed E-state index contributed by atoms with van der Waals surface area (Å²) in [6.07, 6.45) is 11.9. The molecule has 0 amide bonds. The molecular weight excluding hydrogens is 355 g/mol. The fraction of sp³-hybridized carbons (Fsp3) is 0.500. The lowest BCUT2D eigenvalue weighted by Crippen LogP contribution is -2.22. The largest absolute Gasteiger partial charge is 0.215 e. The lowest BCUT2D eigenvalue weighted by Gasteiger charge is -2.33. The van der Waals surface area contributed by atoms with Crippen molar-refractivity contribution in [1.82, 2.24) is 0 Å². The van der Waals surface area contributed by atoms with Crippen molar-refractivity contribution in [2.45, 2.75) is 81.6 Å². The van der Waals surface area contributed by atoms with Gasteiger partial charge in [0.25, 0.3) is 0 Å². The highest BCUT2D eigenvalue weighted by atomic mass is 19.1. The van der Waals surface area contributed by atoms with Crippen molar-refractivity contribution in [2.24, 2.45) is 11.3 Å². The van der Waals surface area contributed by atoms with E-state index in [1.54, 1.807) is 0 Å². The maximum absolute atomic E-state index is 13.7. The Bertz CT molecular complexity index is 798. The molecule has 1 rings (SSSR count). The summed E-state index contributed by atoms with van der Waals surface area (Å²) in [6, 6.07) is 0. The lowest BCUT2D eigenvalue weighted by molar-refractivity contribution is 0.274. The van der Waals surface area contributed by atoms with E-state index in [4.69, 9.17) is 0 Å². The first kappa shape index (κ1) is 25.1. The van der Waals surface area contributed by atoms with E-state index in [2.05, 4.69) is 68.0 Å². The van der Waals surface area contributed by atoms with Crippen LogP contribution in [0.5, 0.6) is 0 Å². The molecule has 1 heteroatoms. The van der Waals surface area contributed by atoms with Gasteiger partial charge in [0.2, 0.25) is 0 Å². The van der Waals surface area contributed by atoms with E-state index in [1.165, 1.54) is 27.9 Å². The van der Waals surface area contributed by atoms with Crippen LogP contribution in [0.4, 0.5) is 4.39 Å². The van der Waals surface area contributed by atoms with Crippen molar-refractivity contribution >= 4 is 0 Å². The quantitative estimate of drug-likeness (QED) is 0.340. The molecule has 1 unspecified atom stereocenters. The number of allylic oxidation sites excluding steroid dienone is 12. The fourth-order valence-electron chi connectivity index (χ4n) is 3.98. The number of halogens is 1. The molecule has 0 saturated heterocycles. The van der Waals surface area contributed by atoms with Crippen molar-refractivity contribution < 1.29 is 4.39 Å². The van der Waals surface area contributed by atoms with Gasteiger partial charge in [-0.1, -0.05) is 65.0 Å². The molecule has 0 saturated carbocycles. The van der Waals surface area contributed by atoms with Gasteiger partial charge < -0.3 is 0 Å². The number of hydrogen-bond donors (Lipinski definition) is 0. The van der Waals surface area contributed by atoms with Gasteiger partial charge in [0, 0.05) is 5.57 Å². The Morgan fingerprint density at radius 2 is 1.69 bits per heavy atom. The molecule has 0 spiro atoms. The first-order valence-electron chi connectivity index (χ1n) is 10.9. The average molecular weight is 397 g/mol. The summed E-state index contributed by atoms with van der Waals surface area (Å²) in [7, 11) is 0. The van der Waals surface area contributed by atoms with Crippen molar-refractivity contribution in [3.63, 3.8) is 0 Å². The summed E-state index contributed by atoms with van der Waals surface area (Å²) in [5.74, 6) is 0.458. The normalized spacial score (nSPS) is 18.3. The molecule has 1 aliphatic rings. The second kappa shape index (κ2) is 10.8. The predicted molar refractivity (Wildman–Crippen MR) is 129 cm³/mol. The molecule has 0 radical (unpaired) electrons. The zero-order chi connectivity index (χ0) is 22.4. The Morgan fingerprint density at radius 1 is 1.07 bits per heavy atom. The van der Waals surface area contributed by atoms with Crippen LogP contribution < -0.4 is 0 Å². The molecule has 0 fully saturated rings. The van der Waals surface area contributed by atoms with Crippen molar-refractivity contribution in [2.75, 3.05) is 0 Å². The van der Waals surface area contributed by atoms with E-state index >= 15 is 0 Å². The first-order valence-corrected chi connectivity index (χ1v) is 10.9. The van der Waals surface area contributed by atoms with E-state index in [-0.39, 0.29) is 5.41 Å². The van der Waals surface area contributed by atoms with Gasteiger partial charge in [-0.3, -0.25) is 0 Å². The van der Waals surface area contributed by atoms with Crippen LogP contribution in [0.25, 0.3) is 0 Å². The van der Waals surface area contributed by atoms with Crippen LogP contribution in [0.3, 0.4) is 0 Å².